The number of nitrogens with zero attached hydrogens (tertiary/aromatic N) is 1. The van der Waals surface area contributed by atoms with E-state index in [1.165, 1.54) is 6.92 Å². The van der Waals surface area contributed by atoms with Gasteiger partial charge in [-0.15, -0.1) is 0 Å². The number of amides is 1. The molecule has 0 radical (unpaired) electrons. The van der Waals surface area contributed by atoms with Gasteiger partial charge in [0.2, 0.25) is 0 Å². The summed E-state index contributed by atoms with van der Waals surface area (Å²) in [6.45, 7) is 4.19. The standard InChI is InChI=1S/C12H20BrNO4/c1-4-18-12(16)14-7-5-6-9(17-3)11(14)10(13)8(2)15/h9-11H,4-7H2,1-3H3. The van der Waals surface area contributed by atoms with E-state index in [4.69, 9.17) is 9.47 Å². The van der Waals surface area contributed by atoms with Crippen molar-refractivity contribution >= 4 is 27.8 Å². The molecule has 0 saturated carbocycles. The monoisotopic (exact) mass is 321 g/mol. The smallest absolute Gasteiger partial charge is 0.410 e. The van der Waals surface area contributed by atoms with Gasteiger partial charge in [-0.05, 0) is 26.7 Å². The molecule has 1 aliphatic rings. The lowest BCUT2D eigenvalue weighted by atomic mass is 9.95. The number of rotatable bonds is 4. The number of piperidine rings is 1. The second-order valence-corrected chi connectivity index (χ2v) is 5.30. The molecule has 0 spiro atoms. The molecule has 6 heteroatoms. The number of carbonyl (C=O) groups is 2. The predicted octanol–water partition coefficient (Wildman–Crippen LogP) is 1.97. The molecule has 3 unspecified atom stereocenters. The van der Waals surface area contributed by atoms with Crippen molar-refractivity contribution in [1.82, 2.24) is 4.90 Å². The number of ether oxygens (including phenoxy) is 2. The number of halogens is 1. The van der Waals surface area contributed by atoms with Crippen molar-refractivity contribution in [2.45, 2.75) is 43.7 Å². The Morgan fingerprint density at radius 2 is 2.17 bits per heavy atom. The molecule has 0 aromatic rings. The summed E-state index contributed by atoms with van der Waals surface area (Å²) in [6.07, 6.45) is 1.17. The van der Waals surface area contributed by atoms with E-state index in [0.29, 0.717) is 13.2 Å². The first kappa shape index (κ1) is 15.4. The van der Waals surface area contributed by atoms with Crippen molar-refractivity contribution in [3.05, 3.63) is 0 Å². The quantitative estimate of drug-likeness (QED) is 0.743. The topological polar surface area (TPSA) is 55.8 Å². The average molecular weight is 322 g/mol. The third-order valence-corrected chi connectivity index (χ3v) is 4.31. The van der Waals surface area contributed by atoms with Crippen LogP contribution in [0.4, 0.5) is 4.79 Å². The van der Waals surface area contributed by atoms with Crippen LogP contribution in [-0.4, -0.2) is 54.0 Å². The van der Waals surface area contributed by atoms with Gasteiger partial charge in [-0.2, -0.15) is 0 Å². The maximum atomic E-state index is 11.9. The number of alkyl halides is 1. The van der Waals surface area contributed by atoms with E-state index in [9.17, 15) is 9.59 Å². The summed E-state index contributed by atoms with van der Waals surface area (Å²) in [5, 5.41) is 0. The van der Waals surface area contributed by atoms with Crippen molar-refractivity contribution in [2.75, 3.05) is 20.3 Å². The number of methoxy groups -OCH3 is 1. The molecule has 0 bridgehead atoms. The van der Waals surface area contributed by atoms with Gasteiger partial charge < -0.3 is 14.4 Å². The molecule has 1 saturated heterocycles. The van der Waals surface area contributed by atoms with Gasteiger partial charge in [0, 0.05) is 13.7 Å². The number of hydrogen-bond donors (Lipinski definition) is 0. The highest BCUT2D eigenvalue weighted by Crippen LogP contribution is 2.27. The highest BCUT2D eigenvalue weighted by atomic mass is 79.9. The van der Waals surface area contributed by atoms with Crippen LogP contribution in [0.1, 0.15) is 26.7 Å². The molecule has 1 fully saturated rings. The lowest BCUT2D eigenvalue weighted by Crippen LogP contribution is -2.57. The minimum Gasteiger partial charge on any atom is -0.450 e. The van der Waals surface area contributed by atoms with E-state index in [0.717, 1.165) is 12.8 Å². The summed E-state index contributed by atoms with van der Waals surface area (Å²) < 4.78 is 10.4. The van der Waals surface area contributed by atoms with Gasteiger partial charge in [0.15, 0.2) is 0 Å². The largest absolute Gasteiger partial charge is 0.450 e. The van der Waals surface area contributed by atoms with Crippen molar-refractivity contribution in [1.29, 1.82) is 0 Å². The zero-order chi connectivity index (χ0) is 13.7. The molecule has 0 aliphatic carbocycles. The number of Topliss-reactive ketones (excluding diaryl/α,β-unsaturated/α-hetero) is 1. The zero-order valence-electron chi connectivity index (χ0n) is 11.0. The molecule has 1 heterocycles. The summed E-state index contributed by atoms with van der Waals surface area (Å²) in [4.78, 5) is 24.6. The number of hydrogen-bond acceptors (Lipinski definition) is 4. The Balaban J connectivity index is 2.90. The molecule has 104 valence electrons. The van der Waals surface area contributed by atoms with Gasteiger partial charge in [-0.3, -0.25) is 4.79 Å². The lowest BCUT2D eigenvalue weighted by Gasteiger charge is -2.41. The molecule has 0 N–H and O–H groups in total. The first-order chi connectivity index (χ1) is 8.52. The molecule has 1 aliphatic heterocycles. The Labute approximate surface area is 116 Å². The molecule has 0 aromatic carbocycles. The minimum atomic E-state index is -0.424. The zero-order valence-corrected chi connectivity index (χ0v) is 12.6. The molecular weight excluding hydrogens is 302 g/mol. The third kappa shape index (κ3) is 3.45. The molecule has 0 aromatic heterocycles. The molecular formula is C12H20BrNO4. The van der Waals surface area contributed by atoms with Crippen LogP contribution >= 0.6 is 15.9 Å². The number of carbonyl (C=O) groups excluding carboxylic acids is 2. The van der Waals surface area contributed by atoms with Crippen molar-refractivity contribution < 1.29 is 19.1 Å². The fourth-order valence-electron chi connectivity index (χ4n) is 2.25. The van der Waals surface area contributed by atoms with Crippen LogP contribution in [0.2, 0.25) is 0 Å². The van der Waals surface area contributed by atoms with E-state index in [1.807, 2.05) is 0 Å². The maximum Gasteiger partial charge on any atom is 0.410 e. The van der Waals surface area contributed by atoms with E-state index in [1.54, 1.807) is 18.9 Å². The van der Waals surface area contributed by atoms with Crippen molar-refractivity contribution in [2.24, 2.45) is 0 Å². The predicted molar refractivity (Wildman–Crippen MR) is 70.9 cm³/mol. The fourth-order valence-corrected chi connectivity index (χ4v) is 2.87. The Kier molecular flexibility index (Phi) is 6.08. The van der Waals surface area contributed by atoms with E-state index in [-0.39, 0.29) is 24.0 Å². The summed E-state index contributed by atoms with van der Waals surface area (Å²) in [6, 6.07) is -0.305. The average Bonchev–Trinajstić information content (AvgIpc) is 2.37. The lowest BCUT2D eigenvalue weighted by molar-refractivity contribution is -0.119. The first-order valence-corrected chi connectivity index (χ1v) is 7.05. The maximum absolute atomic E-state index is 11.9. The Hall–Kier alpha value is -0.620. The Bertz CT molecular complexity index is 310. The normalized spacial score (nSPS) is 25.7. The molecule has 3 atom stereocenters. The van der Waals surface area contributed by atoms with Crippen molar-refractivity contribution in [3.63, 3.8) is 0 Å². The molecule has 1 amide bonds. The van der Waals surface area contributed by atoms with Crippen LogP contribution in [0, 0.1) is 0 Å². The van der Waals surface area contributed by atoms with Crippen LogP contribution in [0.15, 0.2) is 0 Å². The summed E-state index contributed by atoms with van der Waals surface area (Å²) in [7, 11) is 1.60. The molecule has 5 nitrogen and oxygen atoms in total. The van der Waals surface area contributed by atoms with Gasteiger partial charge in [0.25, 0.3) is 0 Å². The van der Waals surface area contributed by atoms with Crippen LogP contribution in [0.5, 0.6) is 0 Å². The SMILES string of the molecule is CCOC(=O)N1CCCC(OC)C1C(Br)C(C)=O. The number of likely N-dealkylation sites (tertiary alicyclic amines) is 1. The third-order valence-electron chi connectivity index (χ3n) is 3.12. The molecule has 18 heavy (non-hydrogen) atoms. The van der Waals surface area contributed by atoms with Crippen LogP contribution in [0.3, 0.4) is 0 Å². The molecule has 1 rings (SSSR count). The number of ketones is 1. The van der Waals surface area contributed by atoms with Gasteiger partial charge in [0.1, 0.15) is 5.78 Å². The van der Waals surface area contributed by atoms with E-state index >= 15 is 0 Å². The van der Waals surface area contributed by atoms with Gasteiger partial charge in [-0.25, -0.2) is 4.79 Å². The van der Waals surface area contributed by atoms with Crippen LogP contribution in [0.25, 0.3) is 0 Å². The van der Waals surface area contributed by atoms with Gasteiger partial charge >= 0.3 is 6.09 Å². The summed E-state index contributed by atoms with van der Waals surface area (Å²) in [5.41, 5.74) is 0. The van der Waals surface area contributed by atoms with E-state index < -0.39 is 4.83 Å². The highest BCUT2D eigenvalue weighted by Gasteiger charge is 2.41. The Morgan fingerprint density at radius 1 is 1.50 bits per heavy atom. The van der Waals surface area contributed by atoms with E-state index in [2.05, 4.69) is 15.9 Å². The fraction of sp³-hybridized carbons (Fsp3) is 0.833. The van der Waals surface area contributed by atoms with Gasteiger partial charge in [-0.1, -0.05) is 15.9 Å². The minimum absolute atomic E-state index is 0.0155. The van der Waals surface area contributed by atoms with Crippen LogP contribution in [-0.2, 0) is 14.3 Å². The second kappa shape index (κ2) is 7.09. The summed E-state index contributed by atoms with van der Waals surface area (Å²) >= 11 is 3.37. The van der Waals surface area contributed by atoms with Crippen LogP contribution < -0.4 is 0 Å². The second-order valence-electron chi connectivity index (χ2n) is 4.31. The summed E-state index contributed by atoms with van der Waals surface area (Å²) in [5.74, 6) is -0.0155. The van der Waals surface area contributed by atoms with Gasteiger partial charge in [0.05, 0.1) is 23.6 Å². The van der Waals surface area contributed by atoms with Crippen molar-refractivity contribution in [3.8, 4) is 0 Å². The Morgan fingerprint density at radius 3 is 2.67 bits per heavy atom. The highest BCUT2D eigenvalue weighted by molar-refractivity contribution is 9.10. The first-order valence-electron chi connectivity index (χ1n) is 6.13.